The van der Waals surface area contributed by atoms with Gasteiger partial charge in [-0.3, -0.25) is 9.59 Å². The fraction of sp³-hybridized carbons (Fsp3) is 0.875. The normalized spacial score (nSPS) is 34.2. The molecule has 1 aliphatic heterocycles. The van der Waals surface area contributed by atoms with Crippen LogP contribution in [0.5, 0.6) is 0 Å². The van der Waals surface area contributed by atoms with Crippen LogP contribution in [-0.2, 0) is 9.59 Å². The molecule has 1 aliphatic carbocycles. The summed E-state index contributed by atoms with van der Waals surface area (Å²) in [5.74, 6) is 0.536. The summed E-state index contributed by atoms with van der Waals surface area (Å²) in [4.78, 5) is 26.9. The van der Waals surface area contributed by atoms with E-state index in [9.17, 15) is 9.59 Å². The highest BCUT2D eigenvalue weighted by Gasteiger charge is 2.42. The Hall–Kier alpha value is -0.710. The summed E-state index contributed by atoms with van der Waals surface area (Å²) in [7, 11) is 0. The van der Waals surface area contributed by atoms with Crippen molar-refractivity contribution in [3.8, 4) is 0 Å². The van der Waals surface area contributed by atoms with E-state index in [1.807, 2.05) is 23.6 Å². The summed E-state index contributed by atoms with van der Waals surface area (Å²) in [5, 5.41) is 3.53. The summed E-state index contributed by atoms with van der Waals surface area (Å²) in [6.45, 7) is 6.04. The van der Waals surface area contributed by atoms with Crippen molar-refractivity contribution in [2.45, 2.75) is 76.3 Å². The molecule has 21 heavy (non-hydrogen) atoms. The average Bonchev–Trinajstić information content (AvgIpc) is 2.45. The van der Waals surface area contributed by atoms with Crippen molar-refractivity contribution in [2.24, 2.45) is 5.92 Å². The van der Waals surface area contributed by atoms with Crippen molar-refractivity contribution in [1.29, 1.82) is 0 Å². The maximum Gasteiger partial charge on any atom is 0.246 e. The van der Waals surface area contributed by atoms with E-state index in [1.54, 1.807) is 0 Å². The molecule has 120 valence electrons. The maximum absolute atomic E-state index is 12.8. The number of carbonyl (C=O) groups excluding carboxylic acids is 2. The van der Waals surface area contributed by atoms with Gasteiger partial charge in [-0.25, -0.2) is 0 Å². The third kappa shape index (κ3) is 3.74. The first-order valence-corrected chi connectivity index (χ1v) is 9.38. The van der Waals surface area contributed by atoms with Crippen LogP contribution in [0, 0.1) is 5.92 Å². The number of hydrogen-bond donors (Lipinski definition) is 1. The van der Waals surface area contributed by atoms with Crippen molar-refractivity contribution in [2.75, 3.05) is 6.26 Å². The van der Waals surface area contributed by atoms with Crippen LogP contribution < -0.4 is 5.32 Å². The zero-order valence-electron chi connectivity index (χ0n) is 13.6. The standard InChI is InChI=1S/C16H28N2O2S/c1-10(2)8-14-16(20)18(11(3)15(19)17-14)12-6-5-7-13(9-12)21-4/h10-14H,5-9H2,1-4H3,(H,17,19). The first-order chi connectivity index (χ1) is 9.93. The van der Waals surface area contributed by atoms with Crippen LogP contribution in [0.25, 0.3) is 0 Å². The fourth-order valence-corrected chi connectivity index (χ4v) is 4.38. The van der Waals surface area contributed by atoms with Crippen molar-refractivity contribution < 1.29 is 9.59 Å². The molecule has 0 aromatic heterocycles. The van der Waals surface area contributed by atoms with Crippen LogP contribution in [0.4, 0.5) is 0 Å². The quantitative estimate of drug-likeness (QED) is 0.867. The highest BCUT2D eigenvalue weighted by molar-refractivity contribution is 7.99. The van der Waals surface area contributed by atoms with Gasteiger partial charge in [-0.1, -0.05) is 20.3 Å². The van der Waals surface area contributed by atoms with Crippen LogP contribution in [-0.4, -0.2) is 46.3 Å². The van der Waals surface area contributed by atoms with Gasteiger partial charge in [0.2, 0.25) is 11.8 Å². The van der Waals surface area contributed by atoms with Gasteiger partial charge in [-0.2, -0.15) is 11.8 Å². The Labute approximate surface area is 132 Å². The minimum atomic E-state index is -0.330. The number of hydrogen-bond acceptors (Lipinski definition) is 3. The van der Waals surface area contributed by atoms with Crippen molar-refractivity contribution >= 4 is 23.6 Å². The van der Waals surface area contributed by atoms with Crippen LogP contribution in [0.3, 0.4) is 0 Å². The van der Waals surface area contributed by atoms with Gasteiger partial charge in [-0.15, -0.1) is 0 Å². The predicted molar refractivity (Wildman–Crippen MR) is 87.3 cm³/mol. The Morgan fingerprint density at radius 1 is 1.33 bits per heavy atom. The highest BCUT2D eigenvalue weighted by Crippen LogP contribution is 2.32. The van der Waals surface area contributed by atoms with E-state index in [4.69, 9.17) is 0 Å². The molecular formula is C16H28N2O2S. The molecule has 4 unspecified atom stereocenters. The number of nitrogens with zero attached hydrogens (tertiary/aromatic N) is 1. The summed E-state index contributed by atoms with van der Waals surface area (Å²) < 4.78 is 0. The smallest absolute Gasteiger partial charge is 0.246 e. The van der Waals surface area contributed by atoms with Gasteiger partial charge in [0.05, 0.1) is 0 Å². The number of piperazine rings is 1. The van der Waals surface area contributed by atoms with E-state index in [0.29, 0.717) is 11.2 Å². The number of thioether (sulfide) groups is 1. The fourth-order valence-electron chi connectivity index (χ4n) is 3.57. The van der Waals surface area contributed by atoms with Gasteiger partial charge < -0.3 is 10.2 Å². The zero-order chi connectivity index (χ0) is 15.6. The predicted octanol–water partition coefficient (Wildman–Crippen LogP) is 2.42. The molecule has 0 bridgehead atoms. The lowest BCUT2D eigenvalue weighted by molar-refractivity contribution is -0.152. The van der Waals surface area contributed by atoms with E-state index in [-0.39, 0.29) is 29.9 Å². The second kappa shape index (κ2) is 7.03. The summed E-state index contributed by atoms with van der Waals surface area (Å²) >= 11 is 1.89. The number of amides is 2. The van der Waals surface area contributed by atoms with E-state index >= 15 is 0 Å². The Kier molecular flexibility index (Phi) is 5.58. The highest BCUT2D eigenvalue weighted by atomic mass is 32.2. The molecule has 5 heteroatoms. The largest absolute Gasteiger partial charge is 0.343 e. The Bertz CT molecular complexity index is 400. The van der Waals surface area contributed by atoms with E-state index < -0.39 is 0 Å². The first-order valence-electron chi connectivity index (χ1n) is 8.09. The van der Waals surface area contributed by atoms with Gasteiger partial charge in [0.1, 0.15) is 12.1 Å². The molecule has 2 amide bonds. The second-order valence-corrected chi connectivity index (χ2v) is 7.93. The lowest BCUT2D eigenvalue weighted by atomic mass is 9.90. The monoisotopic (exact) mass is 312 g/mol. The Balaban J connectivity index is 2.14. The van der Waals surface area contributed by atoms with Gasteiger partial charge in [0.25, 0.3) is 0 Å². The third-order valence-corrected chi connectivity index (χ3v) is 5.79. The molecule has 2 rings (SSSR count). The molecule has 0 spiro atoms. The molecular weight excluding hydrogens is 284 g/mol. The molecule has 0 radical (unpaired) electrons. The Morgan fingerprint density at radius 2 is 2.05 bits per heavy atom. The van der Waals surface area contributed by atoms with Crippen LogP contribution in [0.15, 0.2) is 0 Å². The average molecular weight is 312 g/mol. The minimum Gasteiger partial charge on any atom is -0.343 e. The summed E-state index contributed by atoms with van der Waals surface area (Å²) in [6, 6.07) is -0.422. The van der Waals surface area contributed by atoms with E-state index in [2.05, 4.69) is 25.4 Å². The summed E-state index contributed by atoms with van der Waals surface area (Å²) in [6.07, 6.45) is 7.32. The lowest BCUT2D eigenvalue weighted by Gasteiger charge is -2.45. The topological polar surface area (TPSA) is 49.4 Å². The molecule has 2 fully saturated rings. The third-order valence-electron chi connectivity index (χ3n) is 4.70. The van der Waals surface area contributed by atoms with Gasteiger partial charge in [0, 0.05) is 11.3 Å². The molecule has 1 heterocycles. The molecule has 0 aromatic rings. The van der Waals surface area contributed by atoms with Crippen molar-refractivity contribution in [3.05, 3.63) is 0 Å². The molecule has 1 saturated heterocycles. The number of nitrogens with one attached hydrogen (secondary N) is 1. The van der Waals surface area contributed by atoms with Gasteiger partial charge in [-0.05, 0) is 44.8 Å². The molecule has 0 aromatic carbocycles. The maximum atomic E-state index is 12.8. The van der Waals surface area contributed by atoms with E-state index in [0.717, 1.165) is 25.7 Å². The zero-order valence-corrected chi connectivity index (χ0v) is 14.4. The van der Waals surface area contributed by atoms with Crippen molar-refractivity contribution in [3.63, 3.8) is 0 Å². The molecule has 1 saturated carbocycles. The number of rotatable bonds is 4. The molecule has 4 atom stereocenters. The second-order valence-electron chi connectivity index (χ2n) is 6.79. The first kappa shape index (κ1) is 16.7. The SMILES string of the molecule is CSC1CCCC(N2C(=O)C(CC(C)C)NC(=O)C2C)C1. The molecule has 1 N–H and O–H groups in total. The summed E-state index contributed by atoms with van der Waals surface area (Å²) in [5.41, 5.74) is 0. The minimum absolute atomic E-state index is 0.00604. The lowest BCUT2D eigenvalue weighted by Crippen LogP contribution is -2.65. The van der Waals surface area contributed by atoms with Crippen LogP contribution in [0.1, 0.15) is 52.9 Å². The van der Waals surface area contributed by atoms with Crippen molar-refractivity contribution in [1.82, 2.24) is 10.2 Å². The Morgan fingerprint density at radius 3 is 2.67 bits per heavy atom. The molecule has 4 nitrogen and oxygen atoms in total. The van der Waals surface area contributed by atoms with Gasteiger partial charge in [0.15, 0.2) is 0 Å². The van der Waals surface area contributed by atoms with Gasteiger partial charge >= 0.3 is 0 Å². The van der Waals surface area contributed by atoms with E-state index in [1.165, 1.54) is 6.42 Å². The molecule has 2 aliphatic rings. The van der Waals surface area contributed by atoms with Crippen LogP contribution in [0.2, 0.25) is 0 Å². The number of carbonyl (C=O) groups is 2. The van der Waals surface area contributed by atoms with Crippen LogP contribution >= 0.6 is 11.8 Å².